The van der Waals surface area contributed by atoms with E-state index in [1.54, 1.807) is 18.2 Å². The SMILES string of the molecule is C[C@@](O)(C(=O)O)[C@@H](NC(=O)c1ccccc1)C(=O)O. The topological polar surface area (TPSA) is 124 Å². The third kappa shape index (κ3) is 3.29. The molecule has 1 aromatic rings. The van der Waals surface area contributed by atoms with Crippen molar-refractivity contribution in [1.29, 1.82) is 0 Å². The Kier molecular flexibility index (Phi) is 4.23. The first-order valence-corrected chi connectivity index (χ1v) is 5.31. The van der Waals surface area contributed by atoms with Crippen LogP contribution in [0.25, 0.3) is 0 Å². The lowest BCUT2D eigenvalue weighted by atomic mass is 9.96. The van der Waals surface area contributed by atoms with Gasteiger partial charge in [-0.25, -0.2) is 9.59 Å². The number of aliphatic carboxylic acids is 2. The maximum absolute atomic E-state index is 11.8. The van der Waals surface area contributed by atoms with Gasteiger partial charge in [0.25, 0.3) is 5.91 Å². The van der Waals surface area contributed by atoms with Gasteiger partial charge in [0, 0.05) is 5.56 Å². The number of hydrogen-bond acceptors (Lipinski definition) is 4. The molecule has 0 fully saturated rings. The second kappa shape index (κ2) is 5.49. The zero-order chi connectivity index (χ0) is 14.6. The highest BCUT2D eigenvalue weighted by Gasteiger charge is 2.45. The van der Waals surface area contributed by atoms with Crippen molar-refractivity contribution in [2.24, 2.45) is 0 Å². The van der Waals surface area contributed by atoms with Gasteiger partial charge in [-0.15, -0.1) is 0 Å². The minimum Gasteiger partial charge on any atom is -0.480 e. The smallest absolute Gasteiger partial charge is 0.338 e. The van der Waals surface area contributed by atoms with Crippen LogP contribution in [-0.2, 0) is 9.59 Å². The van der Waals surface area contributed by atoms with E-state index in [-0.39, 0.29) is 5.56 Å². The predicted octanol–water partition coefficient (Wildman–Crippen LogP) is -0.295. The number of rotatable bonds is 5. The molecule has 0 bridgehead atoms. The van der Waals surface area contributed by atoms with E-state index in [0.29, 0.717) is 0 Å². The van der Waals surface area contributed by atoms with Crippen molar-refractivity contribution in [3.63, 3.8) is 0 Å². The van der Waals surface area contributed by atoms with Crippen LogP contribution in [0.4, 0.5) is 0 Å². The lowest BCUT2D eigenvalue weighted by molar-refractivity contribution is -0.166. The van der Waals surface area contributed by atoms with Crippen molar-refractivity contribution in [3.05, 3.63) is 35.9 Å². The number of carboxylic acid groups (broad SMARTS) is 2. The fourth-order valence-electron chi connectivity index (χ4n) is 1.37. The van der Waals surface area contributed by atoms with E-state index in [2.05, 4.69) is 0 Å². The molecule has 0 radical (unpaired) electrons. The molecule has 1 aromatic carbocycles. The van der Waals surface area contributed by atoms with Gasteiger partial charge in [0.05, 0.1) is 0 Å². The standard InChI is InChI=1S/C12H13NO6/c1-12(19,11(17)18)8(10(15)16)13-9(14)7-5-3-2-4-6-7/h2-6,8,19H,1H3,(H,13,14)(H,15,16)(H,17,18)/t8-,12-/m0/s1. The molecule has 0 aliphatic heterocycles. The first kappa shape index (κ1) is 14.7. The van der Waals surface area contributed by atoms with Crippen LogP contribution in [0.5, 0.6) is 0 Å². The van der Waals surface area contributed by atoms with E-state index in [9.17, 15) is 19.5 Å². The van der Waals surface area contributed by atoms with E-state index in [1.807, 2.05) is 5.32 Å². The highest BCUT2D eigenvalue weighted by Crippen LogP contribution is 2.12. The van der Waals surface area contributed by atoms with Gasteiger partial charge in [0.2, 0.25) is 0 Å². The molecule has 0 saturated carbocycles. The summed E-state index contributed by atoms with van der Waals surface area (Å²) in [4.78, 5) is 33.5. The van der Waals surface area contributed by atoms with Crippen LogP contribution >= 0.6 is 0 Å². The fraction of sp³-hybridized carbons (Fsp3) is 0.250. The second-order valence-corrected chi connectivity index (χ2v) is 4.06. The summed E-state index contributed by atoms with van der Waals surface area (Å²) in [7, 11) is 0. The molecule has 102 valence electrons. The quantitative estimate of drug-likeness (QED) is 0.581. The molecule has 0 aliphatic carbocycles. The van der Waals surface area contributed by atoms with E-state index < -0.39 is 29.5 Å². The van der Waals surface area contributed by atoms with Gasteiger partial charge in [-0.1, -0.05) is 18.2 Å². The lowest BCUT2D eigenvalue weighted by Gasteiger charge is -2.26. The maximum Gasteiger partial charge on any atom is 0.338 e. The Balaban J connectivity index is 2.96. The van der Waals surface area contributed by atoms with Crippen LogP contribution in [0, 0.1) is 0 Å². The number of amides is 1. The Morgan fingerprint density at radius 2 is 1.68 bits per heavy atom. The molecule has 1 amide bonds. The van der Waals surface area contributed by atoms with Gasteiger partial charge in [-0.2, -0.15) is 0 Å². The molecule has 1 rings (SSSR count). The number of carbonyl (C=O) groups is 3. The molecular formula is C12H13NO6. The molecule has 0 spiro atoms. The molecular weight excluding hydrogens is 254 g/mol. The van der Waals surface area contributed by atoms with Gasteiger partial charge in [0.15, 0.2) is 11.6 Å². The average molecular weight is 267 g/mol. The molecule has 0 aliphatic rings. The van der Waals surface area contributed by atoms with Crippen molar-refractivity contribution in [1.82, 2.24) is 5.32 Å². The lowest BCUT2D eigenvalue weighted by Crippen LogP contribution is -2.59. The Labute approximate surface area is 108 Å². The monoisotopic (exact) mass is 267 g/mol. The van der Waals surface area contributed by atoms with Crippen LogP contribution in [0.15, 0.2) is 30.3 Å². The minimum atomic E-state index is -2.61. The van der Waals surface area contributed by atoms with E-state index in [1.165, 1.54) is 12.1 Å². The van der Waals surface area contributed by atoms with Crippen LogP contribution in [0.2, 0.25) is 0 Å². The minimum absolute atomic E-state index is 0.162. The zero-order valence-corrected chi connectivity index (χ0v) is 10.0. The molecule has 0 saturated heterocycles. The van der Waals surface area contributed by atoms with Crippen molar-refractivity contribution in [2.45, 2.75) is 18.6 Å². The maximum atomic E-state index is 11.8. The van der Waals surface area contributed by atoms with Crippen molar-refractivity contribution >= 4 is 17.8 Å². The van der Waals surface area contributed by atoms with Crippen LogP contribution in [-0.4, -0.2) is 44.8 Å². The summed E-state index contributed by atoms with van der Waals surface area (Å²) in [6.45, 7) is 0.805. The summed E-state index contributed by atoms with van der Waals surface area (Å²) in [5, 5.41) is 29.3. The highest BCUT2D eigenvalue weighted by molar-refractivity contribution is 5.98. The number of nitrogens with one attached hydrogen (secondary N) is 1. The zero-order valence-electron chi connectivity index (χ0n) is 10.0. The number of hydrogen-bond donors (Lipinski definition) is 4. The third-order valence-electron chi connectivity index (χ3n) is 2.55. The normalized spacial score (nSPS) is 15.1. The summed E-state index contributed by atoms with van der Waals surface area (Å²) in [6, 6.07) is 5.71. The van der Waals surface area contributed by atoms with Crippen LogP contribution < -0.4 is 5.32 Å². The molecule has 0 aromatic heterocycles. The average Bonchev–Trinajstić information content (AvgIpc) is 2.35. The first-order chi connectivity index (χ1) is 8.76. The predicted molar refractivity (Wildman–Crippen MR) is 63.6 cm³/mol. The van der Waals surface area contributed by atoms with Crippen molar-refractivity contribution in [3.8, 4) is 0 Å². The number of benzene rings is 1. The summed E-state index contributed by atoms with van der Waals surface area (Å²) < 4.78 is 0. The van der Waals surface area contributed by atoms with E-state index >= 15 is 0 Å². The summed E-state index contributed by atoms with van der Waals surface area (Å²) in [6.07, 6.45) is 0. The molecule has 2 atom stereocenters. The summed E-state index contributed by atoms with van der Waals surface area (Å²) in [5.41, 5.74) is -2.45. The molecule has 0 heterocycles. The Bertz CT molecular complexity index is 496. The van der Waals surface area contributed by atoms with Gasteiger partial charge in [-0.3, -0.25) is 4.79 Å². The van der Waals surface area contributed by atoms with E-state index in [4.69, 9.17) is 10.2 Å². The van der Waals surface area contributed by atoms with Gasteiger partial charge in [-0.05, 0) is 19.1 Å². The molecule has 4 N–H and O–H groups in total. The molecule has 7 heteroatoms. The number of carboxylic acids is 2. The number of aliphatic hydroxyl groups is 1. The van der Waals surface area contributed by atoms with Crippen LogP contribution in [0.3, 0.4) is 0 Å². The molecule has 0 unspecified atom stereocenters. The second-order valence-electron chi connectivity index (χ2n) is 4.06. The van der Waals surface area contributed by atoms with Crippen molar-refractivity contribution in [2.75, 3.05) is 0 Å². The Morgan fingerprint density at radius 1 is 1.16 bits per heavy atom. The fourth-order valence-corrected chi connectivity index (χ4v) is 1.37. The van der Waals surface area contributed by atoms with E-state index in [0.717, 1.165) is 6.92 Å². The van der Waals surface area contributed by atoms with Crippen LogP contribution in [0.1, 0.15) is 17.3 Å². The van der Waals surface area contributed by atoms with Gasteiger partial charge in [0.1, 0.15) is 0 Å². The molecule has 7 nitrogen and oxygen atoms in total. The van der Waals surface area contributed by atoms with Gasteiger partial charge < -0.3 is 20.6 Å². The van der Waals surface area contributed by atoms with Gasteiger partial charge >= 0.3 is 11.9 Å². The third-order valence-corrected chi connectivity index (χ3v) is 2.55. The summed E-state index contributed by atoms with van der Waals surface area (Å²) in [5.74, 6) is -4.17. The Morgan fingerprint density at radius 3 is 2.11 bits per heavy atom. The summed E-state index contributed by atoms with van der Waals surface area (Å²) >= 11 is 0. The number of carbonyl (C=O) groups excluding carboxylic acids is 1. The highest BCUT2D eigenvalue weighted by atomic mass is 16.4. The Hall–Kier alpha value is -2.41. The first-order valence-electron chi connectivity index (χ1n) is 5.31. The molecule has 19 heavy (non-hydrogen) atoms. The largest absolute Gasteiger partial charge is 0.480 e. The van der Waals surface area contributed by atoms with Crippen molar-refractivity contribution < 1.29 is 29.7 Å².